The molecule has 33 heavy (non-hydrogen) atoms. The highest BCUT2D eigenvalue weighted by Gasteiger charge is 2.31. The SMILES string of the molecule is Cc1ccc(NC(=O)[C@H]2CCCN(C(=O)c3nnc(C(=O)Nc4ccc(Cl)cc4)s3)C2)cc1. The molecule has 0 aliphatic carbocycles. The van der Waals surface area contributed by atoms with E-state index in [4.69, 9.17) is 11.6 Å². The molecule has 1 fully saturated rings. The standard InChI is InChI=1S/C23H22ClN5O3S/c1-14-4-8-17(9-5-14)25-19(30)15-3-2-12-29(13-15)23(32)22-28-27-21(33-22)20(31)26-18-10-6-16(24)7-11-18/h4-11,15H,2-3,12-13H2,1H3,(H,25,30)(H,26,31)/t15-/m0/s1. The van der Waals surface area contributed by atoms with Gasteiger partial charge < -0.3 is 15.5 Å². The van der Waals surface area contributed by atoms with Crippen molar-refractivity contribution in [1.82, 2.24) is 15.1 Å². The fourth-order valence-electron chi connectivity index (χ4n) is 3.51. The Morgan fingerprint density at radius 1 is 0.970 bits per heavy atom. The average Bonchev–Trinajstić information content (AvgIpc) is 3.32. The zero-order chi connectivity index (χ0) is 23.4. The number of rotatable bonds is 5. The van der Waals surface area contributed by atoms with Gasteiger partial charge in [-0.25, -0.2) is 0 Å². The number of aryl methyl sites for hydroxylation is 1. The number of carbonyl (C=O) groups is 3. The smallest absolute Gasteiger partial charge is 0.286 e. The van der Waals surface area contributed by atoms with E-state index in [9.17, 15) is 14.4 Å². The summed E-state index contributed by atoms with van der Waals surface area (Å²) in [6, 6.07) is 14.2. The molecular formula is C23H22ClN5O3S. The number of hydrogen-bond donors (Lipinski definition) is 2. The molecule has 1 aliphatic rings. The molecule has 1 saturated heterocycles. The Morgan fingerprint density at radius 3 is 2.33 bits per heavy atom. The van der Waals surface area contributed by atoms with Crippen LogP contribution < -0.4 is 10.6 Å². The van der Waals surface area contributed by atoms with Gasteiger partial charge in [-0.15, -0.1) is 10.2 Å². The molecule has 1 aromatic heterocycles. The number of carbonyl (C=O) groups excluding carboxylic acids is 3. The summed E-state index contributed by atoms with van der Waals surface area (Å²) in [5.74, 6) is -1.21. The number of aromatic nitrogens is 2. The maximum Gasteiger partial charge on any atom is 0.286 e. The lowest BCUT2D eigenvalue weighted by atomic mass is 9.97. The summed E-state index contributed by atoms with van der Waals surface area (Å²) in [6.45, 7) is 2.80. The normalized spacial score (nSPS) is 15.7. The Balaban J connectivity index is 1.37. The van der Waals surface area contributed by atoms with E-state index in [1.165, 1.54) is 0 Å². The predicted molar refractivity (Wildman–Crippen MR) is 128 cm³/mol. The van der Waals surface area contributed by atoms with Crippen LogP contribution in [0.1, 0.15) is 38.0 Å². The number of nitrogens with zero attached hydrogens (tertiary/aromatic N) is 3. The molecule has 0 radical (unpaired) electrons. The summed E-state index contributed by atoms with van der Waals surface area (Å²) < 4.78 is 0. The summed E-state index contributed by atoms with van der Waals surface area (Å²) >= 11 is 6.78. The number of hydrogen-bond acceptors (Lipinski definition) is 6. The van der Waals surface area contributed by atoms with Crippen LogP contribution in [0.25, 0.3) is 0 Å². The molecule has 0 spiro atoms. The van der Waals surface area contributed by atoms with Crippen LogP contribution in [0.4, 0.5) is 11.4 Å². The van der Waals surface area contributed by atoms with Gasteiger partial charge in [-0.3, -0.25) is 14.4 Å². The number of anilines is 2. The van der Waals surface area contributed by atoms with Crippen LogP contribution in [0.2, 0.25) is 5.02 Å². The van der Waals surface area contributed by atoms with Gasteiger partial charge in [0, 0.05) is 29.5 Å². The van der Waals surface area contributed by atoms with Crippen molar-refractivity contribution < 1.29 is 14.4 Å². The molecule has 1 atom stereocenters. The first-order chi connectivity index (χ1) is 15.9. The number of halogens is 1. The maximum atomic E-state index is 13.0. The molecular weight excluding hydrogens is 462 g/mol. The number of benzene rings is 2. The van der Waals surface area contributed by atoms with Crippen molar-refractivity contribution in [3.8, 4) is 0 Å². The first kappa shape index (κ1) is 22.9. The van der Waals surface area contributed by atoms with Gasteiger partial charge in [0.1, 0.15) is 0 Å². The van der Waals surface area contributed by atoms with Crippen molar-refractivity contribution in [2.45, 2.75) is 19.8 Å². The summed E-state index contributed by atoms with van der Waals surface area (Å²) in [5.41, 5.74) is 2.40. The molecule has 1 aliphatic heterocycles. The highest BCUT2D eigenvalue weighted by Crippen LogP contribution is 2.22. The lowest BCUT2D eigenvalue weighted by Gasteiger charge is -2.31. The maximum absolute atomic E-state index is 13.0. The van der Waals surface area contributed by atoms with E-state index in [0.29, 0.717) is 36.6 Å². The lowest BCUT2D eigenvalue weighted by Crippen LogP contribution is -2.43. The Morgan fingerprint density at radius 2 is 1.61 bits per heavy atom. The molecule has 4 rings (SSSR count). The molecule has 2 aromatic carbocycles. The topological polar surface area (TPSA) is 104 Å². The third-order valence-corrected chi connectivity index (χ3v) is 6.46. The Labute approximate surface area is 200 Å². The van der Waals surface area contributed by atoms with Crippen molar-refractivity contribution in [2.75, 3.05) is 23.7 Å². The van der Waals surface area contributed by atoms with Crippen molar-refractivity contribution in [2.24, 2.45) is 5.92 Å². The summed E-state index contributed by atoms with van der Waals surface area (Å²) in [6.07, 6.45) is 1.41. The van der Waals surface area contributed by atoms with Gasteiger partial charge in [-0.05, 0) is 56.2 Å². The fourth-order valence-corrected chi connectivity index (χ4v) is 4.34. The van der Waals surface area contributed by atoms with Crippen LogP contribution in [-0.4, -0.2) is 45.9 Å². The van der Waals surface area contributed by atoms with E-state index in [0.717, 1.165) is 22.6 Å². The second-order valence-electron chi connectivity index (χ2n) is 7.82. The molecule has 0 unspecified atom stereocenters. The van der Waals surface area contributed by atoms with Crippen molar-refractivity contribution >= 4 is 52.0 Å². The quantitative estimate of drug-likeness (QED) is 0.564. The highest BCUT2D eigenvalue weighted by molar-refractivity contribution is 7.15. The van der Waals surface area contributed by atoms with Gasteiger partial charge in [0.05, 0.1) is 5.92 Å². The van der Waals surface area contributed by atoms with E-state index in [1.807, 2.05) is 31.2 Å². The van der Waals surface area contributed by atoms with Gasteiger partial charge in [0.25, 0.3) is 11.8 Å². The summed E-state index contributed by atoms with van der Waals surface area (Å²) in [4.78, 5) is 39.7. The molecule has 0 saturated carbocycles. The molecule has 2 heterocycles. The van der Waals surface area contributed by atoms with Crippen molar-refractivity contribution in [3.63, 3.8) is 0 Å². The molecule has 2 N–H and O–H groups in total. The van der Waals surface area contributed by atoms with E-state index in [-0.39, 0.29) is 27.7 Å². The molecule has 0 bridgehead atoms. The minimum Gasteiger partial charge on any atom is -0.336 e. The molecule has 8 nitrogen and oxygen atoms in total. The highest BCUT2D eigenvalue weighted by atomic mass is 35.5. The summed E-state index contributed by atoms with van der Waals surface area (Å²) in [7, 11) is 0. The Bertz CT molecular complexity index is 1160. The third-order valence-electron chi connectivity index (χ3n) is 5.30. The van der Waals surface area contributed by atoms with Gasteiger partial charge in [-0.2, -0.15) is 0 Å². The van der Waals surface area contributed by atoms with Gasteiger partial charge in [0.2, 0.25) is 15.9 Å². The first-order valence-corrected chi connectivity index (χ1v) is 11.7. The van der Waals surface area contributed by atoms with Crippen molar-refractivity contribution in [3.05, 3.63) is 69.1 Å². The van der Waals surface area contributed by atoms with Crippen molar-refractivity contribution in [1.29, 1.82) is 0 Å². The minimum absolute atomic E-state index is 0.0824. The molecule has 10 heteroatoms. The lowest BCUT2D eigenvalue weighted by molar-refractivity contribution is -0.121. The Kier molecular flexibility index (Phi) is 7.00. The van der Waals surface area contributed by atoms with Crippen LogP contribution in [-0.2, 0) is 4.79 Å². The van der Waals surface area contributed by atoms with E-state index >= 15 is 0 Å². The predicted octanol–water partition coefficient (Wildman–Crippen LogP) is 4.24. The largest absolute Gasteiger partial charge is 0.336 e. The van der Waals surface area contributed by atoms with E-state index in [1.54, 1.807) is 29.2 Å². The first-order valence-electron chi connectivity index (χ1n) is 10.5. The number of likely N-dealkylation sites (tertiary alicyclic amines) is 1. The molecule has 170 valence electrons. The minimum atomic E-state index is -0.456. The molecule has 3 amide bonds. The monoisotopic (exact) mass is 483 g/mol. The van der Waals surface area contributed by atoms with Gasteiger partial charge in [0.15, 0.2) is 0 Å². The van der Waals surface area contributed by atoms with E-state index < -0.39 is 5.91 Å². The van der Waals surface area contributed by atoms with Crippen LogP contribution in [0.3, 0.4) is 0 Å². The van der Waals surface area contributed by atoms with Gasteiger partial charge in [-0.1, -0.05) is 40.6 Å². The third kappa shape index (κ3) is 5.74. The second-order valence-corrected chi connectivity index (χ2v) is 9.23. The van der Waals surface area contributed by atoms with Crippen LogP contribution in [0.15, 0.2) is 48.5 Å². The van der Waals surface area contributed by atoms with Crippen LogP contribution in [0.5, 0.6) is 0 Å². The number of amides is 3. The number of nitrogens with one attached hydrogen (secondary N) is 2. The average molecular weight is 484 g/mol. The fraction of sp³-hybridized carbons (Fsp3) is 0.261. The Hall–Kier alpha value is -3.30. The van der Waals surface area contributed by atoms with Crippen LogP contribution in [0, 0.1) is 12.8 Å². The zero-order valence-corrected chi connectivity index (χ0v) is 19.4. The number of piperidine rings is 1. The molecule has 3 aromatic rings. The van der Waals surface area contributed by atoms with Gasteiger partial charge >= 0.3 is 0 Å². The summed E-state index contributed by atoms with van der Waals surface area (Å²) in [5, 5.41) is 14.2. The zero-order valence-electron chi connectivity index (χ0n) is 17.9. The second kappa shape index (κ2) is 10.1. The van der Waals surface area contributed by atoms with E-state index in [2.05, 4.69) is 20.8 Å². The van der Waals surface area contributed by atoms with Crippen LogP contribution >= 0.6 is 22.9 Å².